The van der Waals surface area contributed by atoms with Crippen molar-refractivity contribution in [1.29, 1.82) is 0 Å². The van der Waals surface area contributed by atoms with Crippen LogP contribution in [0, 0.1) is 0 Å². The van der Waals surface area contributed by atoms with Crippen LogP contribution in [0.4, 0.5) is 5.69 Å². The van der Waals surface area contributed by atoms with Crippen molar-refractivity contribution in [2.75, 3.05) is 11.9 Å². The van der Waals surface area contributed by atoms with Crippen LogP contribution in [0.2, 0.25) is 5.02 Å². The molecule has 0 radical (unpaired) electrons. The Morgan fingerprint density at radius 2 is 1.70 bits per heavy atom. The Morgan fingerprint density at radius 3 is 2.36 bits per heavy atom. The third kappa shape index (κ3) is 6.47. The first kappa shape index (κ1) is 24.6. The molecule has 0 fully saturated rings. The summed E-state index contributed by atoms with van der Waals surface area (Å²) in [5.41, 5.74) is 0.475. The maximum atomic E-state index is 13.0. The highest BCUT2D eigenvalue weighted by Gasteiger charge is 2.23. The summed E-state index contributed by atoms with van der Waals surface area (Å²) >= 11 is 6.13. The molecule has 9 heteroatoms. The molecular weight excluding hydrogens is 464 g/mol. The van der Waals surface area contributed by atoms with Gasteiger partial charge in [0.2, 0.25) is 10.0 Å². The highest BCUT2D eigenvalue weighted by atomic mass is 35.5. The number of sulfonamides is 1. The Labute approximate surface area is 198 Å². The number of ether oxygens (including phenoxy) is 2. The van der Waals surface area contributed by atoms with Gasteiger partial charge in [-0.15, -0.1) is 0 Å². The smallest absolute Gasteiger partial charge is 0.255 e. The van der Waals surface area contributed by atoms with Gasteiger partial charge < -0.3 is 14.8 Å². The molecule has 0 aliphatic carbocycles. The summed E-state index contributed by atoms with van der Waals surface area (Å²) in [5, 5.41) is 3.16. The van der Waals surface area contributed by atoms with Gasteiger partial charge in [-0.2, -0.15) is 0 Å². The molecule has 0 atom stereocenters. The molecule has 3 aromatic rings. The molecule has 0 spiro atoms. The highest BCUT2D eigenvalue weighted by Crippen LogP contribution is 2.33. The van der Waals surface area contributed by atoms with Crippen molar-refractivity contribution in [1.82, 2.24) is 4.72 Å². The van der Waals surface area contributed by atoms with Gasteiger partial charge in [0, 0.05) is 16.6 Å². The standard InChI is InChI=1S/C24H25ClN2O5S/c1-4-31-22-12-10-17(14-23(22)33(29,30)27-16(2)3)24(28)26-20-15-18(25)11-13-21(20)32-19-8-6-5-7-9-19/h5-16,27H,4H2,1-3H3,(H,26,28). The average molecular weight is 489 g/mol. The molecule has 0 aromatic heterocycles. The van der Waals surface area contributed by atoms with Gasteiger partial charge in [0.15, 0.2) is 5.75 Å². The van der Waals surface area contributed by atoms with Crippen molar-refractivity contribution in [3.05, 3.63) is 77.3 Å². The van der Waals surface area contributed by atoms with Gasteiger partial charge in [0.1, 0.15) is 16.4 Å². The molecule has 3 rings (SSSR count). The van der Waals surface area contributed by atoms with Crippen molar-refractivity contribution >= 4 is 33.2 Å². The minimum Gasteiger partial charge on any atom is -0.492 e. The third-order valence-electron chi connectivity index (χ3n) is 4.35. The second-order valence-electron chi connectivity index (χ2n) is 7.38. The van der Waals surface area contributed by atoms with Gasteiger partial charge in [-0.25, -0.2) is 13.1 Å². The lowest BCUT2D eigenvalue weighted by molar-refractivity contribution is 0.102. The van der Waals surface area contributed by atoms with Crippen molar-refractivity contribution in [2.24, 2.45) is 0 Å². The topological polar surface area (TPSA) is 93.7 Å². The monoisotopic (exact) mass is 488 g/mol. The van der Waals surface area contributed by atoms with E-state index >= 15 is 0 Å². The molecule has 0 saturated carbocycles. The summed E-state index contributed by atoms with van der Waals surface area (Å²) in [7, 11) is -3.90. The molecular formula is C24H25ClN2O5S. The van der Waals surface area contributed by atoms with Crippen LogP contribution >= 0.6 is 11.6 Å². The first-order valence-corrected chi connectivity index (χ1v) is 12.2. The number of hydrogen-bond acceptors (Lipinski definition) is 5. The van der Waals surface area contributed by atoms with E-state index in [0.717, 1.165) is 0 Å². The molecule has 2 N–H and O–H groups in total. The molecule has 0 aliphatic heterocycles. The zero-order valence-corrected chi connectivity index (χ0v) is 20.0. The van der Waals surface area contributed by atoms with Crippen LogP contribution in [0.25, 0.3) is 0 Å². The van der Waals surface area contributed by atoms with E-state index in [1.807, 2.05) is 18.2 Å². The van der Waals surface area contributed by atoms with E-state index in [1.165, 1.54) is 18.2 Å². The second kappa shape index (κ2) is 10.7. The molecule has 7 nitrogen and oxygen atoms in total. The van der Waals surface area contributed by atoms with Gasteiger partial charge in [-0.1, -0.05) is 29.8 Å². The Morgan fingerprint density at radius 1 is 1.00 bits per heavy atom. The van der Waals surface area contributed by atoms with Crippen LogP contribution in [0.15, 0.2) is 71.6 Å². The van der Waals surface area contributed by atoms with Crippen molar-refractivity contribution < 1.29 is 22.7 Å². The average Bonchev–Trinajstić information content (AvgIpc) is 2.76. The number of carbonyl (C=O) groups is 1. The normalized spacial score (nSPS) is 11.3. The fourth-order valence-corrected chi connectivity index (χ4v) is 4.60. The lowest BCUT2D eigenvalue weighted by Crippen LogP contribution is -2.30. The molecule has 0 bridgehead atoms. The summed E-state index contributed by atoms with van der Waals surface area (Å²) in [4.78, 5) is 12.9. The summed E-state index contributed by atoms with van der Waals surface area (Å²) < 4.78 is 39.5. The molecule has 33 heavy (non-hydrogen) atoms. The first-order chi connectivity index (χ1) is 15.7. The fraction of sp³-hybridized carbons (Fsp3) is 0.208. The summed E-state index contributed by atoms with van der Waals surface area (Å²) in [5.74, 6) is 0.612. The Bertz CT molecular complexity index is 1230. The Hall–Kier alpha value is -3.07. The van der Waals surface area contributed by atoms with Crippen molar-refractivity contribution in [3.63, 3.8) is 0 Å². The molecule has 174 valence electrons. The lowest BCUT2D eigenvalue weighted by atomic mass is 10.2. The number of para-hydroxylation sites is 1. The minimum atomic E-state index is -3.90. The van der Waals surface area contributed by atoms with Crippen molar-refractivity contribution in [2.45, 2.75) is 31.7 Å². The Kier molecular flexibility index (Phi) is 7.97. The summed E-state index contributed by atoms with van der Waals surface area (Å²) in [6.45, 7) is 5.45. The predicted molar refractivity (Wildman–Crippen MR) is 129 cm³/mol. The number of amides is 1. The largest absolute Gasteiger partial charge is 0.492 e. The van der Waals surface area contributed by atoms with Crippen LogP contribution in [-0.4, -0.2) is 27.0 Å². The molecule has 0 heterocycles. The SMILES string of the molecule is CCOc1ccc(C(=O)Nc2cc(Cl)ccc2Oc2ccccc2)cc1S(=O)(=O)NC(C)C. The number of hydrogen-bond donors (Lipinski definition) is 2. The van der Waals surface area contributed by atoms with Crippen LogP contribution in [0.1, 0.15) is 31.1 Å². The molecule has 3 aromatic carbocycles. The molecule has 0 aliphatic rings. The quantitative estimate of drug-likeness (QED) is 0.416. The number of carbonyl (C=O) groups excluding carboxylic acids is 1. The van der Waals surface area contributed by atoms with Crippen molar-refractivity contribution in [3.8, 4) is 17.2 Å². The van der Waals surface area contributed by atoms with E-state index in [2.05, 4.69) is 10.0 Å². The zero-order chi connectivity index (χ0) is 24.0. The van der Waals surface area contributed by atoms with E-state index in [0.29, 0.717) is 22.2 Å². The number of benzene rings is 3. The fourth-order valence-electron chi connectivity index (χ4n) is 3.01. The van der Waals surface area contributed by atoms with Gasteiger partial charge in [0.05, 0.1) is 12.3 Å². The van der Waals surface area contributed by atoms with E-state index < -0.39 is 15.9 Å². The first-order valence-electron chi connectivity index (χ1n) is 10.3. The van der Waals surface area contributed by atoms with Crippen LogP contribution in [0.3, 0.4) is 0 Å². The van der Waals surface area contributed by atoms with Crippen LogP contribution in [0.5, 0.6) is 17.2 Å². The summed E-state index contributed by atoms with van der Waals surface area (Å²) in [6, 6.07) is 17.9. The third-order valence-corrected chi connectivity index (χ3v) is 6.26. The maximum Gasteiger partial charge on any atom is 0.255 e. The number of rotatable bonds is 9. The van der Waals surface area contributed by atoms with Gasteiger partial charge in [0.25, 0.3) is 5.91 Å². The number of nitrogens with one attached hydrogen (secondary N) is 2. The minimum absolute atomic E-state index is 0.113. The highest BCUT2D eigenvalue weighted by molar-refractivity contribution is 7.89. The molecule has 1 amide bonds. The molecule has 0 saturated heterocycles. The Balaban J connectivity index is 1.93. The zero-order valence-electron chi connectivity index (χ0n) is 18.5. The van der Waals surface area contributed by atoms with Gasteiger partial charge in [-0.05, 0) is 69.3 Å². The number of anilines is 1. The lowest BCUT2D eigenvalue weighted by Gasteiger charge is -2.16. The van der Waals surface area contributed by atoms with E-state index in [4.69, 9.17) is 21.1 Å². The molecule has 0 unspecified atom stereocenters. The maximum absolute atomic E-state index is 13.0. The van der Waals surface area contributed by atoms with Gasteiger partial charge in [-0.3, -0.25) is 4.79 Å². The number of halogens is 1. The van der Waals surface area contributed by atoms with E-state index in [-0.39, 0.29) is 28.9 Å². The van der Waals surface area contributed by atoms with Crippen LogP contribution in [-0.2, 0) is 10.0 Å². The van der Waals surface area contributed by atoms with E-state index in [9.17, 15) is 13.2 Å². The van der Waals surface area contributed by atoms with E-state index in [1.54, 1.807) is 51.1 Å². The summed E-state index contributed by atoms with van der Waals surface area (Å²) in [6.07, 6.45) is 0. The van der Waals surface area contributed by atoms with Crippen LogP contribution < -0.4 is 19.5 Å². The van der Waals surface area contributed by atoms with Gasteiger partial charge >= 0.3 is 0 Å². The second-order valence-corrected chi connectivity index (χ2v) is 9.50. The predicted octanol–water partition coefficient (Wildman–Crippen LogP) is 5.47.